The molecule has 0 aliphatic heterocycles. The van der Waals surface area contributed by atoms with Gasteiger partial charge in [0.2, 0.25) is 0 Å². The lowest BCUT2D eigenvalue weighted by Crippen LogP contribution is -2.00. The maximum Gasteiger partial charge on any atom is 0.0631 e. The van der Waals surface area contributed by atoms with Crippen LogP contribution < -0.4 is 0 Å². The van der Waals surface area contributed by atoms with Crippen LogP contribution in [0.15, 0.2) is 54.9 Å². The Morgan fingerprint density at radius 2 is 1.81 bits per heavy atom. The summed E-state index contributed by atoms with van der Waals surface area (Å²) in [6.07, 6.45) is 4.06. The van der Waals surface area contributed by atoms with Crippen LogP contribution in [-0.2, 0) is 0 Å². The number of aromatic nitrogens is 1. The number of hydrogen-bond acceptors (Lipinski definition) is 2. The topological polar surface area (TPSA) is 36.7 Å². The molecule has 1 aromatic carbocycles. The van der Waals surface area contributed by atoms with E-state index in [1.807, 2.05) is 36.5 Å². The first-order chi connectivity index (χ1) is 7.92. The Balaban J connectivity index is 2.36. The molecule has 16 heavy (non-hydrogen) atoms. The summed E-state index contributed by atoms with van der Waals surface area (Å²) in [5.41, 5.74) is 2.26. The third kappa shape index (κ3) is 2.26. The zero-order chi connectivity index (χ0) is 11.2. The van der Waals surface area contributed by atoms with Crippen LogP contribution in [-0.4, -0.2) is 4.98 Å². The molecule has 0 aliphatic carbocycles. The lowest BCUT2D eigenvalue weighted by atomic mass is 9.90. The Morgan fingerprint density at radius 1 is 1.06 bits per heavy atom. The summed E-state index contributed by atoms with van der Waals surface area (Å²) in [6.45, 7) is 0. The highest BCUT2D eigenvalue weighted by Crippen LogP contribution is 2.26. The molecule has 0 unspecified atom stereocenters. The summed E-state index contributed by atoms with van der Waals surface area (Å²) in [5, 5.41) is 8.89. The molecule has 0 amide bonds. The van der Waals surface area contributed by atoms with Gasteiger partial charge in [-0.05, 0) is 17.2 Å². The molecule has 0 N–H and O–H groups in total. The Bertz CT molecular complexity index is 432. The highest BCUT2D eigenvalue weighted by Gasteiger charge is 2.13. The van der Waals surface area contributed by atoms with Crippen molar-refractivity contribution in [3.63, 3.8) is 0 Å². The Kier molecular flexibility index (Phi) is 3.30. The quantitative estimate of drug-likeness (QED) is 0.777. The van der Waals surface area contributed by atoms with E-state index in [9.17, 15) is 0 Å². The van der Waals surface area contributed by atoms with Crippen molar-refractivity contribution in [3.05, 3.63) is 66.0 Å². The van der Waals surface area contributed by atoms with E-state index in [-0.39, 0.29) is 5.92 Å². The van der Waals surface area contributed by atoms with Crippen LogP contribution >= 0.6 is 0 Å². The fraction of sp³-hybridized carbons (Fsp3) is 0.143. The normalized spacial score (nSPS) is 11.7. The molecule has 0 bridgehead atoms. The van der Waals surface area contributed by atoms with Crippen LogP contribution in [0.5, 0.6) is 0 Å². The average Bonchev–Trinajstić information content (AvgIpc) is 2.38. The van der Waals surface area contributed by atoms with Crippen molar-refractivity contribution >= 4 is 0 Å². The van der Waals surface area contributed by atoms with E-state index in [0.29, 0.717) is 6.42 Å². The maximum absolute atomic E-state index is 8.89. The summed E-state index contributed by atoms with van der Waals surface area (Å²) in [5.74, 6) is 0.125. The zero-order valence-electron chi connectivity index (χ0n) is 8.88. The molecule has 0 aliphatic rings. The van der Waals surface area contributed by atoms with Gasteiger partial charge in [0.15, 0.2) is 0 Å². The SMILES string of the molecule is N#CC[C@@H](c1ccccc1)c1cccnc1. The van der Waals surface area contributed by atoms with Gasteiger partial charge in [0.05, 0.1) is 6.07 Å². The van der Waals surface area contributed by atoms with Gasteiger partial charge < -0.3 is 0 Å². The summed E-state index contributed by atoms with van der Waals surface area (Å²) < 4.78 is 0. The van der Waals surface area contributed by atoms with E-state index in [0.717, 1.165) is 11.1 Å². The molecule has 0 spiro atoms. The van der Waals surface area contributed by atoms with Crippen molar-refractivity contribution in [2.24, 2.45) is 0 Å². The van der Waals surface area contributed by atoms with Gasteiger partial charge in [-0.2, -0.15) is 5.26 Å². The van der Waals surface area contributed by atoms with E-state index >= 15 is 0 Å². The summed E-state index contributed by atoms with van der Waals surface area (Å²) >= 11 is 0. The second-order valence-corrected chi connectivity index (χ2v) is 3.61. The van der Waals surface area contributed by atoms with Gasteiger partial charge in [0.25, 0.3) is 0 Å². The summed E-state index contributed by atoms with van der Waals surface area (Å²) in [6, 6.07) is 16.2. The van der Waals surface area contributed by atoms with Gasteiger partial charge in [0.1, 0.15) is 0 Å². The third-order valence-electron chi connectivity index (χ3n) is 2.58. The number of pyridine rings is 1. The first-order valence-corrected chi connectivity index (χ1v) is 5.23. The largest absolute Gasteiger partial charge is 0.264 e. The van der Waals surface area contributed by atoms with E-state index in [2.05, 4.69) is 23.2 Å². The van der Waals surface area contributed by atoms with Gasteiger partial charge in [-0.3, -0.25) is 4.98 Å². The molecule has 1 aromatic heterocycles. The smallest absolute Gasteiger partial charge is 0.0631 e. The Hall–Kier alpha value is -2.14. The Morgan fingerprint density at radius 3 is 2.44 bits per heavy atom. The van der Waals surface area contributed by atoms with E-state index < -0.39 is 0 Å². The minimum atomic E-state index is 0.125. The van der Waals surface area contributed by atoms with Crippen LogP contribution in [0.25, 0.3) is 0 Å². The molecule has 2 heteroatoms. The fourth-order valence-corrected chi connectivity index (χ4v) is 1.79. The van der Waals surface area contributed by atoms with Gasteiger partial charge in [-0.15, -0.1) is 0 Å². The number of rotatable bonds is 3. The number of nitrogens with zero attached hydrogens (tertiary/aromatic N) is 2. The van der Waals surface area contributed by atoms with Crippen LogP contribution in [0.1, 0.15) is 23.5 Å². The van der Waals surface area contributed by atoms with E-state index in [1.165, 1.54) is 0 Å². The first-order valence-electron chi connectivity index (χ1n) is 5.23. The van der Waals surface area contributed by atoms with Crippen molar-refractivity contribution in [1.29, 1.82) is 5.26 Å². The minimum absolute atomic E-state index is 0.125. The predicted molar refractivity (Wildman–Crippen MR) is 62.8 cm³/mol. The molecule has 2 nitrogen and oxygen atoms in total. The van der Waals surface area contributed by atoms with Crippen molar-refractivity contribution in [1.82, 2.24) is 4.98 Å². The fourth-order valence-electron chi connectivity index (χ4n) is 1.79. The lowest BCUT2D eigenvalue weighted by molar-refractivity contribution is 0.831. The van der Waals surface area contributed by atoms with Crippen LogP contribution in [0.3, 0.4) is 0 Å². The van der Waals surface area contributed by atoms with E-state index in [4.69, 9.17) is 5.26 Å². The third-order valence-corrected chi connectivity index (χ3v) is 2.58. The molecule has 1 atom stereocenters. The molecular weight excluding hydrogens is 196 g/mol. The molecule has 0 saturated carbocycles. The second-order valence-electron chi connectivity index (χ2n) is 3.61. The molecule has 2 rings (SSSR count). The number of hydrogen-bond donors (Lipinski definition) is 0. The van der Waals surface area contributed by atoms with E-state index in [1.54, 1.807) is 6.20 Å². The van der Waals surface area contributed by atoms with Crippen molar-refractivity contribution in [2.75, 3.05) is 0 Å². The van der Waals surface area contributed by atoms with Crippen molar-refractivity contribution < 1.29 is 0 Å². The standard InChI is InChI=1S/C14H12N2/c15-9-8-14(12-5-2-1-3-6-12)13-7-4-10-16-11-13/h1-7,10-11,14H,8H2/t14-/m0/s1. The number of nitriles is 1. The van der Waals surface area contributed by atoms with Crippen LogP contribution in [0.2, 0.25) is 0 Å². The van der Waals surface area contributed by atoms with Crippen molar-refractivity contribution in [3.8, 4) is 6.07 Å². The van der Waals surface area contributed by atoms with Gasteiger partial charge >= 0.3 is 0 Å². The lowest BCUT2D eigenvalue weighted by Gasteiger charge is -2.13. The molecule has 0 saturated heterocycles. The van der Waals surface area contributed by atoms with Crippen LogP contribution in [0.4, 0.5) is 0 Å². The van der Waals surface area contributed by atoms with Gasteiger partial charge in [0, 0.05) is 24.7 Å². The number of benzene rings is 1. The molecular formula is C14H12N2. The highest BCUT2D eigenvalue weighted by molar-refractivity contribution is 5.31. The molecule has 78 valence electrons. The molecule has 1 heterocycles. The molecule has 0 fully saturated rings. The first kappa shape index (κ1) is 10.4. The predicted octanol–water partition coefficient (Wildman–Crippen LogP) is 3.13. The summed E-state index contributed by atoms with van der Waals surface area (Å²) in [7, 11) is 0. The molecule has 2 aromatic rings. The van der Waals surface area contributed by atoms with Gasteiger partial charge in [-0.1, -0.05) is 36.4 Å². The second kappa shape index (κ2) is 5.09. The Labute approximate surface area is 95.2 Å². The average molecular weight is 208 g/mol. The monoisotopic (exact) mass is 208 g/mol. The minimum Gasteiger partial charge on any atom is -0.264 e. The van der Waals surface area contributed by atoms with Crippen LogP contribution in [0, 0.1) is 11.3 Å². The van der Waals surface area contributed by atoms with Gasteiger partial charge in [-0.25, -0.2) is 0 Å². The zero-order valence-corrected chi connectivity index (χ0v) is 8.88. The highest BCUT2D eigenvalue weighted by atomic mass is 14.6. The molecule has 0 radical (unpaired) electrons. The van der Waals surface area contributed by atoms with Crippen molar-refractivity contribution in [2.45, 2.75) is 12.3 Å². The summed E-state index contributed by atoms with van der Waals surface area (Å²) in [4.78, 5) is 4.10. The maximum atomic E-state index is 8.89.